The standard InChI is InChI=1S/C20H31N7O/c1-7-26-13-21-10-17(26)11-25(6)20(28)18-22-15(3)14(2)19(23-18)27-9-8-16(12-27)24(4)5/h10,13,16H,7-9,11-12H2,1-6H3/t16-/m1/s1. The van der Waals surface area contributed by atoms with Crippen LogP contribution in [0.3, 0.4) is 0 Å². The van der Waals surface area contributed by atoms with Gasteiger partial charge < -0.3 is 19.3 Å². The van der Waals surface area contributed by atoms with Gasteiger partial charge in [-0.3, -0.25) is 4.79 Å². The second-order valence-electron chi connectivity index (χ2n) is 7.77. The lowest BCUT2D eigenvalue weighted by molar-refractivity contribution is 0.0769. The lowest BCUT2D eigenvalue weighted by Crippen LogP contribution is -2.33. The summed E-state index contributed by atoms with van der Waals surface area (Å²) in [5.74, 6) is 0.972. The minimum absolute atomic E-state index is 0.170. The van der Waals surface area contributed by atoms with E-state index in [1.54, 1.807) is 24.5 Å². The van der Waals surface area contributed by atoms with Crippen LogP contribution in [0.2, 0.25) is 0 Å². The second kappa shape index (κ2) is 8.26. The highest BCUT2D eigenvalue weighted by Gasteiger charge is 2.28. The van der Waals surface area contributed by atoms with Crippen LogP contribution in [-0.2, 0) is 13.1 Å². The first-order valence-electron chi connectivity index (χ1n) is 9.82. The van der Waals surface area contributed by atoms with Gasteiger partial charge in [0.25, 0.3) is 5.91 Å². The largest absolute Gasteiger partial charge is 0.355 e. The Labute approximate surface area is 167 Å². The van der Waals surface area contributed by atoms with Crippen LogP contribution in [-0.4, -0.2) is 75.5 Å². The Kier molecular flexibility index (Phi) is 5.98. The number of nitrogens with zero attached hydrogens (tertiary/aromatic N) is 7. The Bertz CT molecular complexity index is 845. The molecule has 0 bridgehead atoms. The van der Waals surface area contributed by atoms with Gasteiger partial charge in [0.1, 0.15) is 5.82 Å². The number of amides is 1. The normalized spacial score (nSPS) is 16.8. The molecule has 3 heterocycles. The van der Waals surface area contributed by atoms with Crippen LogP contribution in [0.4, 0.5) is 5.82 Å². The molecular weight excluding hydrogens is 354 g/mol. The van der Waals surface area contributed by atoms with E-state index in [-0.39, 0.29) is 11.7 Å². The zero-order valence-electron chi connectivity index (χ0n) is 17.8. The van der Waals surface area contributed by atoms with Crippen molar-refractivity contribution >= 4 is 11.7 Å². The summed E-state index contributed by atoms with van der Waals surface area (Å²) in [5, 5.41) is 0. The zero-order valence-corrected chi connectivity index (χ0v) is 17.8. The molecule has 1 amide bonds. The average molecular weight is 386 g/mol. The summed E-state index contributed by atoms with van der Waals surface area (Å²) in [6, 6.07) is 0.505. The molecule has 8 nitrogen and oxygen atoms in total. The van der Waals surface area contributed by atoms with Crippen LogP contribution in [0, 0.1) is 13.8 Å². The van der Waals surface area contributed by atoms with Crippen LogP contribution in [0.1, 0.15) is 40.9 Å². The molecule has 1 saturated heterocycles. The van der Waals surface area contributed by atoms with Crippen molar-refractivity contribution in [1.82, 2.24) is 29.3 Å². The summed E-state index contributed by atoms with van der Waals surface area (Å²) in [7, 11) is 6.00. The van der Waals surface area contributed by atoms with E-state index < -0.39 is 0 Å². The van der Waals surface area contributed by atoms with Crippen molar-refractivity contribution < 1.29 is 4.79 Å². The van der Waals surface area contributed by atoms with E-state index in [9.17, 15) is 4.79 Å². The summed E-state index contributed by atoms with van der Waals surface area (Å²) in [6.07, 6.45) is 4.68. The van der Waals surface area contributed by atoms with Gasteiger partial charge in [-0.05, 0) is 41.3 Å². The van der Waals surface area contributed by atoms with E-state index in [2.05, 4.69) is 45.8 Å². The number of carbonyl (C=O) groups excluding carboxylic acids is 1. The molecule has 0 aliphatic carbocycles. The molecule has 152 valence electrons. The molecule has 2 aromatic heterocycles. The van der Waals surface area contributed by atoms with Gasteiger partial charge in [0.05, 0.1) is 18.6 Å². The third-order valence-electron chi connectivity index (χ3n) is 5.63. The number of anilines is 1. The maximum absolute atomic E-state index is 13.0. The van der Waals surface area contributed by atoms with Gasteiger partial charge >= 0.3 is 0 Å². The highest BCUT2D eigenvalue weighted by Crippen LogP contribution is 2.25. The van der Waals surface area contributed by atoms with Gasteiger partial charge in [-0.25, -0.2) is 15.0 Å². The second-order valence-corrected chi connectivity index (χ2v) is 7.77. The number of hydrogen-bond donors (Lipinski definition) is 0. The zero-order chi connectivity index (χ0) is 20.4. The van der Waals surface area contributed by atoms with Crippen LogP contribution in [0.25, 0.3) is 0 Å². The lowest BCUT2D eigenvalue weighted by atomic mass is 10.2. The smallest absolute Gasteiger partial charge is 0.291 e. The third-order valence-corrected chi connectivity index (χ3v) is 5.63. The number of imidazole rings is 1. The molecule has 0 aromatic carbocycles. The maximum Gasteiger partial charge on any atom is 0.291 e. The molecule has 0 N–H and O–H groups in total. The molecule has 2 aromatic rings. The molecule has 3 rings (SSSR count). The van der Waals surface area contributed by atoms with Crippen molar-refractivity contribution in [2.45, 2.75) is 46.3 Å². The lowest BCUT2D eigenvalue weighted by Gasteiger charge is -2.24. The number of likely N-dealkylation sites (N-methyl/N-ethyl adjacent to an activating group) is 1. The fourth-order valence-electron chi connectivity index (χ4n) is 3.62. The quantitative estimate of drug-likeness (QED) is 0.754. The Morgan fingerprint density at radius 1 is 1.25 bits per heavy atom. The minimum atomic E-state index is -0.170. The first-order chi connectivity index (χ1) is 13.3. The fourth-order valence-corrected chi connectivity index (χ4v) is 3.62. The highest BCUT2D eigenvalue weighted by molar-refractivity contribution is 5.90. The Morgan fingerprint density at radius 2 is 2.00 bits per heavy atom. The van der Waals surface area contributed by atoms with Crippen LogP contribution in [0.15, 0.2) is 12.5 Å². The molecule has 8 heteroatoms. The Morgan fingerprint density at radius 3 is 2.64 bits per heavy atom. The van der Waals surface area contributed by atoms with Gasteiger partial charge in [0.2, 0.25) is 5.82 Å². The molecule has 0 unspecified atom stereocenters. The Hall–Kier alpha value is -2.48. The van der Waals surface area contributed by atoms with Crippen molar-refractivity contribution in [3.63, 3.8) is 0 Å². The molecule has 0 spiro atoms. The van der Waals surface area contributed by atoms with Crippen LogP contribution in [0.5, 0.6) is 0 Å². The SMILES string of the molecule is CCn1cncc1CN(C)C(=O)c1nc(C)c(C)c(N2CC[C@@H](N(C)C)C2)n1. The van der Waals surface area contributed by atoms with Gasteiger partial charge in [-0.15, -0.1) is 0 Å². The number of carbonyl (C=O) groups is 1. The van der Waals surface area contributed by atoms with Gasteiger partial charge in [0, 0.05) is 50.2 Å². The van der Waals surface area contributed by atoms with E-state index >= 15 is 0 Å². The van der Waals surface area contributed by atoms with Gasteiger partial charge in [-0.1, -0.05) is 0 Å². The number of rotatable bonds is 6. The number of aromatic nitrogens is 4. The topological polar surface area (TPSA) is 70.4 Å². The monoisotopic (exact) mass is 385 g/mol. The summed E-state index contributed by atoms with van der Waals surface area (Å²) < 4.78 is 2.03. The van der Waals surface area contributed by atoms with Crippen molar-refractivity contribution in [3.8, 4) is 0 Å². The molecule has 1 fully saturated rings. The van der Waals surface area contributed by atoms with Gasteiger partial charge in [0.15, 0.2) is 0 Å². The van der Waals surface area contributed by atoms with Crippen LogP contribution >= 0.6 is 0 Å². The van der Waals surface area contributed by atoms with Crippen molar-refractivity contribution in [2.75, 3.05) is 39.1 Å². The van der Waals surface area contributed by atoms with Gasteiger partial charge in [-0.2, -0.15) is 0 Å². The van der Waals surface area contributed by atoms with E-state index in [0.29, 0.717) is 12.6 Å². The number of hydrogen-bond acceptors (Lipinski definition) is 6. The molecule has 0 saturated carbocycles. The highest BCUT2D eigenvalue weighted by atomic mass is 16.2. The van der Waals surface area contributed by atoms with E-state index in [4.69, 9.17) is 0 Å². The summed E-state index contributed by atoms with van der Waals surface area (Å²) >= 11 is 0. The number of aryl methyl sites for hydroxylation is 2. The fraction of sp³-hybridized carbons (Fsp3) is 0.600. The predicted molar refractivity (Wildman–Crippen MR) is 110 cm³/mol. The molecule has 0 radical (unpaired) electrons. The van der Waals surface area contributed by atoms with Crippen molar-refractivity contribution in [2.24, 2.45) is 0 Å². The summed E-state index contributed by atoms with van der Waals surface area (Å²) in [4.78, 5) is 32.5. The summed E-state index contributed by atoms with van der Waals surface area (Å²) in [6.45, 7) is 9.20. The molecule has 1 aliphatic heterocycles. The van der Waals surface area contributed by atoms with Crippen molar-refractivity contribution in [1.29, 1.82) is 0 Å². The van der Waals surface area contributed by atoms with E-state index in [0.717, 1.165) is 48.8 Å². The van der Waals surface area contributed by atoms with Crippen molar-refractivity contribution in [3.05, 3.63) is 35.3 Å². The predicted octanol–water partition coefficient (Wildman–Crippen LogP) is 1.72. The molecular formula is C20H31N7O. The molecule has 1 atom stereocenters. The van der Waals surface area contributed by atoms with Crippen LogP contribution < -0.4 is 4.90 Å². The minimum Gasteiger partial charge on any atom is -0.355 e. The maximum atomic E-state index is 13.0. The first-order valence-corrected chi connectivity index (χ1v) is 9.82. The van der Waals surface area contributed by atoms with E-state index in [1.165, 1.54) is 0 Å². The summed E-state index contributed by atoms with van der Waals surface area (Å²) in [5.41, 5.74) is 2.90. The Balaban J connectivity index is 1.82. The third kappa shape index (κ3) is 4.01. The molecule has 28 heavy (non-hydrogen) atoms. The van der Waals surface area contributed by atoms with E-state index in [1.807, 2.05) is 18.4 Å². The molecule has 1 aliphatic rings. The first kappa shape index (κ1) is 20.3. The average Bonchev–Trinajstić information content (AvgIpc) is 3.32.